The maximum Gasteiger partial charge on any atom is 0.255 e. The van der Waals surface area contributed by atoms with Gasteiger partial charge in [-0.2, -0.15) is 0 Å². The summed E-state index contributed by atoms with van der Waals surface area (Å²) in [5.41, 5.74) is 2.81. The number of aliphatic hydroxyl groups is 1. The van der Waals surface area contributed by atoms with Crippen LogP contribution in [0.4, 0.5) is 4.39 Å². The monoisotopic (exact) mass is 520 g/mol. The van der Waals surface area contributed by atoms with Crippen LogP contribution in [0.15, 0.2) is 54.9 Å². The first-order chi connectivity index (χ1) is 17.6. The summed E-state index contributed by atoms with van der Waals surface area (Å²) >= 11 is 6.63. The average molecular weight is 521 g/mol. The lowest BCUT2D eigenvalue weighted by Crippen LogP contribution is -2.39. The van der Waals surface area contributed by atoms with Gasteiger partial charge in [0.25, 0.3) is 5.91 Å². The van der Waals surface area contributed by atoms with Crippen molar-refractivity contribution in [3.05, 3.63) is 82.6 Å². The summed E-state index contributed by atoms with van der Waals surface area (Å²) in [6.45, 7) is 4.60. The van der Waals surface area contributed by atoms with Gasteiger partial charge in [0, 0.05) is 49.0 Å². The van der Waals surface area contributed by atoms with Gasteiger partial charge in [-0.15, -0.1) is 0 Å². The zero-order valence-electron chi connectivity index (χ0n) is 21.2. The Labute approximate surface area is 220 Å². The predicted molar refractivity (Wildman–Crippen MR) is 143 cm³/mol. The van der Waals surface area contributed by atoms with E-state index in [0.717, 1.165) is 41.3 Å². The summed E-state index contributed by atoms with van der Waals surface area (Å²) in [6.07, 6.45) is 6.24. The van der Waals surface area contributed by atoms with E-state index in [2.05, 4.69) is 9.97 Å². The Bertz CT molecular complexity index is 1450. The topological polar surface area (TPSA) is 71.2 Å². The lowest BCUT2D eigenvalue weighted by Gasteiger charge is -2.32. The summed E-state index contributed by atoms with van der Waals surface area (Å²) in [5.74, 6) is 0.477. The second-order valence-corrected chi connectivity index (χ2v) is 10.8. The molecule has 1 aliphatic heterocycles. The first kappa shape index (κ1) is 25.4. The van der Waals surface area contributed by atoms with E-state index in [4.69, 9.17) is 11.6 Å². The fraction of sp³-hybridized carbons (Fsp3) is 0.345. The van der Waals surface area contributed by atoms with Gasteiger partial charge in [0.1, 0.15) is 11.4 Å². The van der Waals surface area contributed by atoms with Crippen molar-refractivity contribution in [1.29, 1.82) is 0 Å². The lowest BCUT2D eigenvalue weighted by molar-refractivity contribution is 0.0683. The van der Waals surface area contributed by atoms with Crippen molar-refractivity contribution in [3.63, 3.8) is 0 Å². The summed E-state index contributed by atoms with van der Waals surface area (Å²) in [5, 5.41) is 11.7. The van der Waals surface area contributed by atoms with Crippen molar-refractivity contribution >= 4 is 28.4 Å². The van der Waals surface area contributed by atoms with Gasteiger partial charge in [-0.25, -0.2) is 14.4 Å². The number of rotatable bonds is 5. The standard InChI is InChI=1S/C29H30ClFN4O2/c1-29(2,37)28-32-11-8-25(33-28)23-17-34(3)26-16-24(30)22(15-21(23)26)27(36)35-12-9-19(10-13-35)14-18-4-6-20(31)7-5-18/h4-8,11,15-17,19,37H,9-10,12-14H2,1-3H3. The molecule has 0 atom stereocenters. The Morgan fingerprint density at radius 1 is 1.16 bits per heavy atom. The average Bonchev–Trinajstić information content (AvgIpc) is 3.20. The van der Waals surface area contributed by atoms with Gasteiger partial charge in [0.05, 0.1) is 16.3 Å². The number of carbonyl (C=O) groups excluding carboxylic acids is 1. The molecular formula is C29H30ClFN4O2. The molecule has 37 heavy (non-hydrogen) atoms. The van der Waals surface area contributed by atoms with E-state index in [-0.39, 0.29) is 11.7 Å². The number of benzene rings is 2. The molecule has 0 saturated carbocycles. The number of amides is 1. The van der Waals surface area contributed by atoms with Gasteiger partial charge in [-0.05, 0) is 74.9 Å². The normalized spacial score (nSPS) is 14.9. The molecule has 192 valence electrons. The van der Waals surface area contributed by atoms with Gasteiger partial charge in [0.2, 0.25) is 0 Å². The fourth-order valence-electron chi connectivity index (χ4n) is 5.04. The van der Waals surface area contributed by atoms with E-state index in [1.165, 1.54) is 12.1 Å². The van der Waals surface area contributed by atoms with Crippen molar-refractivity contribution in [2.45, 2.75) is 38.7 Å². The highest BCUT2D eigenvalue weighted by Gasteiger charge is 2.27. The van der Waals surface area contributed by atoms with Crippen molar-refractivity contribution < 1.29 is 14.3 Å². The van der Waals surface area contributed by atoms with Crippen LogP contribution in [-0.4, -0.2) is 43.5 Å². The Morgan fingerprint density at radius 2 is 1.86 bits per heavy atom. The molecule has 1 aliphatic rings. The highest BCUT2D eigenvalue weighted by atomic mass is 35.5. The first-order valence-electron chi connectivity index (χ1n) is 12.5. The summed E-state index contributed by atoms with van der Waals surface area (Å²) in [7, 11) is 1.92. The van der Waals surface area contributed by atoms with Gasteiger partial charge in [-0.1, -0.05) is 23.7 Å². The van der Waals surface area contributed by atoms with Crippen LogP contribution in [0.2, 0.25) is 5.02 Å². The molecule has 8 heteroatoms. The maximum atomic E-state index is 13.5. The number of likely N-dealkylation sites (tertiary alicyclic amines) is 1. The second-order valence-electron chi connectivity index (χ2n) is 10.4. The van der Waals surface area contributed by atoms with Crippen LogP contribution in [0.3, 0.4) is 0 Å². The molecule has 1 fully saturated rings. The molecule has 0 aliphatic carbocycles. The third kappa shape index (κ3) is 5.24. The van der Waals surface area contributed by atoms with Crippen LogP contribution in [0.1, 0.15) is 48.4 Å². The number of aryl methyl sites for hydroxylation is 1. The van der Waals surface area contributed by atoms with Crippen molar-refractivity contribution in [3.8, 4) is 11.3 Å². The first-order valence-corrected chi connectivity index (χ1v) is 12.9. The van der Waals surface area contributed by atoms with Crippen LogP contribution in [-0.2, 0) is 19.1 Å². The van der Waals surface area contributed by atoms with Crippen molar-refractivity contribution in [2.75, 3.05) is 13.1 Å². The van der Waals surface area contributed by atoms with E-state index < -0.39 is 5.60 Å². The van der Waals surface area contributed by atoms with E-state index in [1.54, 1.807) is 26.1 Å². The number of fused-ring (bicyclic) bond motifs is 1. The van der Waals surface area contributed by atoms with Crippen LogP contribution in [0, 0.1) is 11.7 Å². The third-order valence-corrected chi connectivity index (χ3v) is 7.44. The predicted octanol–water partition coefficient (Wildman–Crippen LogP) is 5.75. The van der Waals surface area contributed by atoms with Crippen LogP contribution in [0.25, 0.3) is 22.2 Å². The van der Waals surface area contributed by atoms with E-state index >= 15 is 0 Å². The van der Waals surface area contributed by atoms with Crippen LogP contribution < -0.4 is 0 Å². The molecule has 1 N–H and O–H groups in total. The molecule has 2 aromatic carbocycles. The van der Waals surface area contributed by atoms with Crippen molar-refractivity contribution in [2.24, 2.45) is 13.0 Å². The van der Waals surface area contributed by atoms with Gasteiger partial charge in [0.15, 0.2) is 5.82 Å². The molecule has 0 unspecified atom stereocenters. The Morgan fingerprint density at radius 3 is 2.54 bits per heavy atom. The van der Waals surface area contributed by atoms with Crippen LogP contribution >= 0.6 is 11.6 Å². The molecule has 1 saturated heterocycles. The molecule has 2 aromatic heterocycles. The molecule has 4 aromatic rings. The number of halogens is 2. The van der Waals surface area contributed by atoms with Crippen molar-refractivity contribution in [1.82, 2.24) is 19.4 Å². The lowest BCUT2D eigenvalue weighted by atomic mass is 9.90. The third-order valence-electron chi connectivity index (χ3n) is 7.13. The molecule has 0 spiro atoms. The molecule has 3 heterocycles. The van der Waals surface area contributed by atoms with E-state index in [1.807, 2.05) is 47.0 Å². The molecule has 5 rings (SSSR count). The molecular weight excluding hydrogens is 491 g/mol. The van der Waals surface area contributed by atoms with E-state index in [0.29, 0.717) is 41.1 Å². The summed E-state index contributed by atoms with van der Waals surface area (Å²) in [4.78, 5) is 24.2. The highest BCUT2D eigenvalue weighted by Crippen LogP contribution is 2.34. The van der Waals surface area contributed by atoms with Gasteiger partial charge >= 0.3 is 0 Å². The number of piperidine rings is 1. The summed E-state index contributed by atoms with van der Waals surface area (Å²) in [6, 6.07) is 12.1. The fourth-order valence-corrected chi connectivity index (χ4v) is 5.28. The van der Waals surface area contributed by atoms with Gasteiger partial charge in [-0.3, -0.25) is 4.79 Å². The van der Waals surface area contributed by atoms with Gasteiger partial charge < -0.3 is 14.6 Å². The zero-order chi connectivity index (χ0) is 26.3. The molecule has 1 amide bonds. The molecule has 6 nitrogen and oxygen atoms in total. The SMILES string of the molecule is Cn1cc(-c2ccnc(C(C)(C)O)n2)c2cc(C(=O)N3CCC(Cc4ccc(F)cc4)CC3)c(Cl)cc21. The number of aromatic nitrogens is 3. The molecule has 0 bridgehead atoms. The Kier molecular flexibility index (Phi) is 6.77. The zero-order valence-corrected chi connectivity index (χ0v) is 22.0. The number of hydrogen-bond donors (Lipinski definition) is 1. The highest BCUT2D eigenvalue weighted by molar-refractivity contribution is 6.34. The minimum absolute atomic E-state index is 0.0817. The minimum atomic E-state index is -1.17. The Hall–Kier alpha value is -3.29. The number of carbonyl (C=O) groups is 1. The number of hydrogen-bond acceptors (Lipinski definition) is 4. The Balaban J connectivity index is 1.39. The minimum Gasteiger partial charge on any atom is -0.382 e. The summed E-state index contributed by atoms with van der Waals surface area (Å²) < 4.78 is 15.2. The van der Waals surface area contributed by atoms with Crippen LogP contribution in [0.5, 0.6) is 0 Å². The second kappa shape index (κ2) is 9.88. The number of nitrogens with zero attached hydrogens (tertiary/aromatic N) is 4. The van der Waals surface area contributed by atoms with E-state index in [9.17, 15) is 14.3 Å². The quantitative estimate of drug-likeness (QED) is 0.364. The molecule has 0 radical (unpaired) electrons. The smallest absolute Gasteiger partial charge is 0.255 e. The maximum absolute atomic E-state index is 13.5. The largest absolute Gasteiger partial charge is 0.382 e.